The van der Waals surface area contributed by atoms with Crippen LogP contribution in [0.1, 0.15) is 30.0 Å². The summed E-state index contributed by atoms with van der Waals surface area (Å²) >= 11 is 0. The number of furan rings is 1. The van der Waals surface area contributed by atoms with E-state index in [1.807, 2.05) is 62.4 Å². The van der Waals surface area contributed by atoms with Crippen LogP contribution in [0.5, 0.6) is 0 Å². The molecule has 0 aliphatic carbocycles. The highest BCUT2D eigenvalue weighted by molar-refractivity contribution is 6.02. The fourth-order valence-corrected chi connectivity index (χ4v) is 2.68. The molecule has 0 aliphatic rings. The fourth-order valence-electron chi connectivity index (χ4n) is 2.68. The Kier molecular flexibility index (Phi) is 5.37. The molecule has 0 radical (unpaired) electrons. The molecule has 0 saturated heterocycles. The second-order valence-electron chi connectivity index (χ2n) is 6.44. The van der Waals surface area contributed by atoms with Crippen molar-refractivity contribution in [3.8, 4) is 0 Å². The average molecular weight is 351 g/mol. The van der Waals surface area contributed by atoms with E-state index in [1.165, 1.54) is 0 Å². The lowest BCUT2D eigenvalue weighted by Crippen LogP contribution is -2.44. The molecule has 0 unspecified atom stereocenters. The standard InChI is InChI=1S/C21H21NO4/c1-14(2)19(22-21(24)25-13-15-8-4-3-5-9-15)20(23)18-12-16-10-6-7-11-17(16)26-18/h3-12,14,19H,13H2,1-2H3,(H,22,24)/t19-/m0/s1. The largest absolute Gasteiger partial charge is 0.453 e. The van der Waals surface area contributed by atoms with Crippen molar-refractivity contribution in [2.24, 2.45) is 5.92 Å². The number of nitrogens with one attached hydrogen (secondary N) is 1. The molecule has 3 aromatic rings. The number of rotatable bonds is 6. The lowest BCUT2D eigenvalue weighted by molar-refractivity contribution is 0.0862. The summed E-state index contributed by atoms with van der Waals surface area (Å²) in [5.41, 5.74) is 1.53. The van der Waals surface area contributed by atoms with Gasteiger partial charge in [-0.25, -0.2) is 4.79 Å². The minimum Gasteiger partial charge on any atom is -0.453 e. The van der Waals surface area contributed by atoms with Crippen LogP contribution in [0.2, 0.25) is 0 Å². The van der Waals surface area contributed by atoms with E-state index in [-0.39, 0.29) is 24.1 Å². The minimum atomic E-state index is -0.723. The van der Waals surface area contributed by atoms with Gasteiger partial charge in [0.25, 0.3) is 0 Å². The van der Waals surface area contributed by atoms with E-state index < -0.39 is 12.1 Å². The zero-order valence-electron chi connectivity index (χ0n) is 14.8. The Hall–Kier alpha value is -3.08. The minimum absolute atomic E-state index is 0.111. The normalized spacial score (nSPS) is 12.1. The smallest absolute Gasteiger partial charge is 0.408 e. The van der Waals surface area contributed by atoms with Gasteiger partial charge < -0.3 is 14.5 Å². The van der Waals surface area contributed by atoms with Gasteiger partial charge >= 0.3 is 6.09 Å². The van der Waals surface area contributed by atoms with Crippen LogP contribution >= 0.6 is 0 Å². The number of alkyl carbamates (subject to hydrolysis) is 1. The molecule has 1 N–H and O–H groups in total. The first-order chi connectivity index (χ1) is 12.5. The number of hydrogen-bond acceptors (Lipinski definition) is 4. The van der Waals surface area contributed by atoms with Gasteiger partial charge in [0.2, 0.25) is 5.78 Å². The van der Waals surface area contributed by atoms with Crippen molar-refractivity contribution in [2.75, 3.05) is 0 Å². The van der Waals surface area contributed by atoms with Crippen molar-refractivity contribution < 1.29 is 18.7 Å². The van der Waals surface area contributed by atoms with E-state index in [4.69, 9.17) is 9.15 Å². The summed E-state index contributed by atoms with van der Waals surface area (Å²) in [6.45, 7) is 3.88. The molecule has 1 amide bonds. The van der Waals surface area contributed by atoms with Crippen LogP contribution in [0.25, 0.3) is 11.0 Å². The summed E-state index contributed by atoms with van der Waals surface area (Å²) in [6.07, 6.45) is -0.628. The molecule has 0 saturated carbocycles. The Morgan fingerprint density at radius 1 is 1.04 bits per heavy atom. The first kappa shape index (κ1) is 17.7. The van der Waals surface area contributed by atoms with Crippen molar-refractivity contribution in [1.29, 1.82) is 0 Å². The number of amides is 1. The summed E-state index contributed by atoms with van der Waals surface area (Å²) in [6, 6.07) is 17.8. The lowest BCUT2D eigenvalue weighted by atomic mass is 9.98. The number of Topliss-reactive ketones (excluding diaryl/α,β-unsaturated/α-hetero) is 1. The monoisotopic (exact) mass is 351 g/mol. The molecular weight excluding hydrogens is 330 g/mol. The summed E-state index contributed by atoms with van der Waals surface area (Å²) < 4.78 is 10.9. The molecular formula is C21H21NO4. The number of carbonyl (C=O) groups is 2. The number of para-hydroxylation sites is 1. The summed E-state index contributed by atoms with van der Waals surface area (Å²) in [5.74, 6) is -0.152. The second-order valence-corrected chi connectivity index (χ2v) is 6.44. The number of fused-ring (bicyclic) bond motifs is 1. The van der Waals surface area contributed by atoms with Crippen LogP contribution in [0.4, 0.5) is 4.79 Å². The Morgan fingerprint density at radius 3 is 2.42 bits per heavy atom. The molecule has 1 aromatic heterocycles. The van der Waals surface area contributed by atoms with Gasteiger partial charge in [-0.05, 0) is 23.6 Å². The van der Waals surface area contributed by atoms with Gasteiger partial charge in [0, 0.05) is 5.39 Å². The van der Waals surface area contributed by atoms with Gasteiger partial charge in [-0.3, -0.25) is 4.79 Å². The van der Waals surface area contributed by atoms with E-state index in [0.29, 0.717) is 5.58 Å². The van der Waals surface area contributed by atoms with Gasteiger partial charge in [-0.1, -0.05) is 62.4 Å². The Labute approximate surface area is 152 Å². The van der Waals surface area contributed by atoms with E-state index >= 15 is 0 Å². The number of ether oxygens (including phenoxy) is 1. The molecule has 5 nitrogen and oxygen atoms in total. The van der Waals surface area contributed by atoms with E-state index in [2.05, 4.69) is 5.32 Å². The third kappa shape index (κ3) is 4.11. The van der Waals surface area contributed by atoms with Crippen LogP contribution in [-0.2, 0) is 11.3 Å². The quantitative estimate of drug-likeness (QED) is 0.661. The molecule has 1 atom stereocenters. The highest BCUT2D eigenvalue weighted by atomic mass is 16.5. The van der Waals surface area contributed by atoms with Gasteiger partial charge in [0.1, 0.15) is 18.2 Å². The average Bonchev–Trinajstić information content (AvgIpc) is 3.09. The van der Waals surface area contributed by atoms with E-state index in [9.17, 15) is 9.59 Å². The summed E-state index contributed by atoms with van der Waals surface area (Å²) in [7, 11) is 0. The predicted octanol–water partition coefficient (Wildman–Crippen LogP) is 4.57. The zero-order valence-corrected chi connectivity index (χ0v) is 14.8. The highest BCUT2D eigenvalue weighted by Gasteiger charge is 2.28. The Morgan fingerprint density at radius 2 is 1.73 bits per heavy atom. The summed E-state index contributed by atoms with van der Waals surface area (Å²) in [4.78, 5) is 24.9. The van der Waals surface area contributed by atoms with Crippen molar-refractivity contribution in [3.05, 3.63) is 72.0 Å². The second kappa shape index (κ2) is 7.87. The third-order valence-electron chi connectivity index (χ3n) is 4.10. The maximum absolute atomic E-state index is 12.8. The van der Waals surface area contributed by atoms with Crippen LogP contribution in [-0.4, -0.2) is 17.9 Å². The molecule has 3 rings (SSSR count). The zero-order chi connectivity index (χ0) is 18.5. The number of hydrogen-bond donors (Lipinski definition) is 1. The van der Waals surface area contributed by atoms with Crippen LogP contribution in [0.3, 0.4) is 0 Å². The van der Waals surface area contributed by atoms with Crippen LogP contribution in [0, 0.1) is 5.92 Å². The third-order valence-corrected chi connectivity index (χ3v) is 4.10. The fraction of sp³-hybridized carbons (Fsp3) is 0.238. The van der Waals surface area contributed by atoms with E-state index in [0.717, 1.165) is 10.9 Å². The molecule has 2 aromatic carbocycles. The predicted molar refractivity (Wildman–Crippen MR) is 98.9 cm³/mol. The van der Waals surface area contributed by atoms with Crippen molar-refractivity contribution in [1.82, 2.24) is 5.32 Å². The molecule has 0 spiro atoms. The maximum atomic E-state index is 12.8. The molecule has 26 heavy (non-hydrogen) atoms. The van der Waals surface area contributed by atoms with Crippen molar-refractivity contribution in [3.63, 3.8) is 0 Å². The first-order valence-corrected chi connectivity index (χ1v) is 8.54. The molecule has 0 aliphatic heterocycles. The molecule has 134 valence electrons. The molecule has 1 heterocycles. The molecule has 5 heteroatoms. The van der Waals surface area contributed by atoms with Gasteiger partial charge in [0.05, 0.1) is 0 Å². The van der Waals surface area contributed by atoms with Crippen LogP contribution in [0.15, 0.2) is 65.1 Å². The first-order valence-electron chi connectivity index (χ1n) is 8.54. The van der Waals surface area contributed by atoms with Gasteiger partial charge in [-0.2, -0.15) is 0 Å². The SMILES string of the molecule is CC(C)[C@H](NC(=O)OCc1ccccc1)C(=O)c1cc2ccccc2o1. The summed E-state index contributed by atoms with van der Waals surface area (Å²) in [5, 5.41) is 3.51. The van der Waals surface area contributed by atoms with Crippen molar-refractivity contribution in [2.45, 2.75) is 26.5 Å². The van der Waals surface area contributed by atoms with Gasteiger partial charge in [-0.15, -0.1) is 0 Å². The van der Waals surface area contributed by atoms with Gasteiger partial charge in [0.15, 0.2) is 5.76 Å². The number of ketones is 1. The Bertz CT molecular complexity index is 866. The van der Waals surface area contributed by atoms with Crippen molar-refractivity contribution >= 4 is 22.8 Å². The molecule has 0 bridgehead atoms. The van der Waals surface area contributed by atoms with E-state index in [1.54, 1.807) is 12.1 Å². The number of benzene rings is 2. The topological polar surface area (TPSA) is 68.5 Å². The Balaban J connectivity index is 1.68. The lowest BCUT2D eigenvalue weighted by Gasteiger charge is -2.19. The maximum Gasteiger partial charge on any atom is 0.408 e. The van der Waals surface area contributed by atoms with Crippen LogP contribution < -0.4 is 5.32 Å². The molecule has 0 fully saturated rings. The number of carbonyl (C=O) groups excluding carboxylic acids is 2. The highest BCUT2D eigenvalue weighted by Crippen LogP contribution is 2.21.